The Hall–Kier alpha value is -8.20. The van der Waals surface area contributed by atoms with E-state index in [9.17, 15) is 0 Å². The van der Waals surface area contributed by atoms with Crippen molar-refractivity contribution in [3.63, 3.8) is 0 Å². The van der Waals surface area contributed by atoms with Gasteiger partial charge in [-0.3, -0.25) is 0 Å². The second-order valence-electron chi connectivity index (χ2n) is 16.4. The number of hydrogen-bond donors (Lipinski definition) is 0. The van der Waals surface area contributed by atoms with Crippen molar-refractivity contribution in [1.82, 2.24) is 4.57 Å². The van der Waals surface area contributed by atoms with Gasteiger partial charge in [-0.25, -0.2) is 0 Å². The third-order valence-electron chi connectivity index (χ3n) is 13.1. The van der Waals surface area contributed by atoms with Crippen LogP contribution in [0.15, 0.2) is 255 Å². The molecule has 1 aliphatic rings. The van der Waals surface area contributed by atoms with Crippen LogP contribution >= 0.6 is 0 Å². The molecule has 12 rings (SSSR count). The van der Waals surface area contributed by atoms with Gasteiger partial charge in [0, 0.05) is 33.4 Å². The quantitative estimate of drug-likeness (QED) is 0.149. The van der Waals surface area contributed by atoms with Crippen molar-refractivity contribution in [2.24, 2.45) is 0 Å². The molecule has 0 unspecified atom stereocenters. The Bertz CT molecular complexity index is 3360. The van der Waals surface area contributed by atoms with Crippen molar-refractivity contribution >= 4 is 38.9 Å². The standard InChI is InChI=1S/C61H42N2/c1-5-22-46(23-6-1)61(47-24-7-2-8-25-47)56-33-16-13-31-52(56)55-42-50(37-39-57(55)61)63-59-35-18-15-32-53(59)54-38-36-44(41-60(54)63)43-20-19-21-45(40-43)51-30-14-17-34-58(51)62(48-26-9-3-10-27-48)49-28-11-4-12-29-49/h1-42H. The average molecular weight is 803 g/mol. The lowest BCUT2D eigenvalue weighted by atomic mass is 9.68. The van der Waals surface area contributed by atoms with E-state index in [1.807, 2.05) is 0 Å². The van der Waals surface area contributed by atoms with Gasteiger partial charge in [0.05, 0.1) is 22.1 Å². The maximum absolute atomic E-state index is 2.47. The minimum Gasteiger partial charge on any atom is -0.310 e. The van der Waals surface area contributed by atoms with Crippen LogP contribution in [0.1, 0.15) is 22.3 Å². The molecule has 0 aliphatic heterocycles. The largest absolute Gasteiger partial charge is 0.310 e. The summed E-state index contributed by atoms with van der Waals surface area (Å²) in [6.07, 6.45) is 0. The highest BCUT2D eigenvalue weighted by Crippen LogP contribution is 2.56. The summed E-state index contributed by atoms with van der Waals surface area (Å²) in [6, 6.07) is 93.1. The van der Waals surface area contributed by atoms with Crippen LogP contribution in [0.25, 0.3) is 60.9 Å². The number of anilines is 3. The molecule has 0 spiro atoms. The number of para-hydroxylation sites is 4. The van der Waals surface area contributed by atoms with Crippen molar-refractivity contribution in [1.29, 1.82) is 0 Å². The van der Waals surface area contributed by atoms with Crippen LogP contribution in [-0.4, -0.2) is 4.57 Å². The van der Waals surface area contributed by atoms with Gasteiger partial charge in [0.1, 0.15) is 0 Å². The Morgan fingerprint density at radius 2 is 0.857 bits per heavy atom. The Morgan fingerprint density at radius 1 is 0.317 bits per heavy atom. The van der Waals surface area contributed by atoms with E-state index in [0.29, 0.717) is 0 Å². The molecule has 1 aliphatic carbocycles. The Labute approximate surface area is 368 Å². The fraction of sp³-hybridized carbons (Fsp3) is 0.0164. The molecule has 2 nitrogen and oxygen atoms in total. The van der Waals surface area contributed by atoms with Crippen LogP contribution in [0.3, 0.4) is 0 Å². The van der Waals surface area contributed by atoms with E-state index < -0.39 is 5.41 Å². The minimum absolute atomic E-state index is 0.441. The molecule has 0 amide bonds. The average Bonchev–Trinajstić information content (AvgIpc) is 3.85. The lowest BCUT2D eigenvalue weighted by Crippen LogP contribution is -2.28. The van der Waals surface area contributed by atoms with Crippen LogP contribution in [0, 0.1) is 0 Å². The zero-order valence-corrected chi connectivity index (χ0v) is 34.6. The Kier molecular flexibility index (Phi) is 8.76. The predicted molar refractivity (Wildman–Crippen MR) is 264 cm³/mol. The van der Waals surface area contributed by atoms with E-state index in [0.717, 1.165) is 22.7 Å². The molecule has 296 valence electrons. The number of fused-ring (bicyclic) bond motifs is 6. The highest BCUT2D eigenvalue weighted by molar-refractivity contribution is 6.10. The third kappa shape index (κ3) is 5.87. The summed E-state index contributed by atoms with van der Waals surface area (Å²) in [4.78, 5) is 2.35. The Morgan fingerprint density at radius 3 is 1.57 bits per heavy atom. The van der Waals surface area contributed by atoms with Crippen molar-refractivity contribution in [2.75, 3.05) is 4.90 Å². The molecule has 11 aromatic rings. The summed E-state index contributed by atoms with van der Waals surface area (Å²) in [5.41, 5.74) is 18.8. The van der Waals surface area contributed by atoms with Crippen molar-refractivity contribution in [2.45, 2.75) is 5.41 Å². The van der Waals surface area contributed by atoms with Gasteiger partial charge in [0.2, 0.25) is 0 Å². The molecule has 2 heteroatoms. The molecule has 0 fully saturated rings. The van der Waals surface area contributed by atoms with Gasteiger partial charge in [0.15, 0.2) is 0 Å². The summed E-state index contributed by atoms with van der Waals surface area (Å²) in [5.74, 6) is 0. The molecule has 10 aromatic carbocycles. The van der Waals surface area contributed by atoms with Crippen molar-refractivity contribution in [3.8, 4) is 39.1 Å². The first-order valence-corrected chi connectivity index (χ1v) is 21.8. The highest BCUT2D eigenvalue weighted by atomic mass is 15.1. The molecule has 1 aromatic heterocycles. The summed E-state index contributed by atoms with van der Waals surface area (Å²) < 4.78 is 2.47. The van der Waals surface area contributed by atoms with Gasteiger partial charge < -0.3 is 9.47 Å². The van der Waals surface area contributed by atoms with Gasteiger partial charge in [-0.2, -0.15) is 0 Å². The molecule has 1 heterocycles. The van der Waals surface area contributed by atoms with Gasteiger partial charge in [-0.15, -0.1) is 0 Å². The second kappa shape index (κ2) is 15.1. The molecular formula is C61H42N2. The summed E-state index contributed by atoms with van der Waals surface area (Å²) in [7, 11) is 0. The van der Waals surface area contributed by atoms with Crippen LogP contribution in [0.2, 0.25) is 0 Å². The monoisotopic (exact) mass is 802 g/mol. The van der Waals surface area contributed by atoms with Crippen LogP contribution in [0.4, 0.5) is 17.1 Å². The third-order valence-corrected chi connectivity index (χ3v) is 13.1. The topological polar surface area (TPSA) is 8.17 Å². The lowest BCUT2D eigenvalue weighted by Gasteiger charge is -2.33. The maximum atomic E-state index is 2.47. The van der Waals surface area contributed by atoms with Gasteiger partial charge >= 0.3 is 0 Å². The molecule has 0 bridgehead atoms. The number of rotatable bonds is 8. The number of hydrogen-bond acceptors (Lipinski definition) is 1. The first kappa shape index (κ1) is 36.6. The van der Waals surface area contributed by atoms with Gasteiger partial charge in [-0.05, 0) is 111 Å². The zero-order chi connectivity index (χ0) is 41.7. The summed E-state index contributed by atoms with van der Waals surface area (Å²) in [5, 5.41) is 2.48. The van der Waals surface area contributed by atoms with Gasteiger partial charge in [-0.1, -0.05) is 194 Å². The smallest absolute Gasteiger partial charge is 0.0713 e. The summed E-state index contributed by atoms with van der Waals surface area (Å²) in [6.45, 7) is 0. The fourth-order valence-electron chi connectivity index (χ4n) is 10.4. The number of aromatic nitrogens is 1. The van der Waals surface area contributed by atoms with Gasteiger partial charge in [0.25, 0.3) is 0 Å². The molecule has 0 atom stereocenters. The van der Waals surface area contributed by atoms with E-state index in [2.05, 4.69) is 264 Å². The zero-order valence-electron chi connectivity index (χ0n) is 34.6. The number of nitrogens with zero attached hydrogens (tertiary/aromatic N) is 2. The van der Waals surface area contributed by atoms with Crippen LogP contribution in [0.5, 0.6) is 0 Å². The first-order valence-electron chi connectivity index (χ1n) is 21.8. The van der Waals surface area contributed by atoms with E-state index in [1.165, 1.54) is 77.4 Å². The van der Waals surface area contributed by atoms with E-state index in [4.69, 9.17) is 0 Å². The molecule has 0 saturated carbocycles. The second-order valence-corrected chi connectivity index (χ2v) is 16.4. The van der Waals surface area contributed by atoms with E-state index in [-0.39, 0.29) is 0 Å². The normalized spacial score (nSPS) is 12.6. The first-order chi connectivity index (χ1) is 31.3. The SMILES string of the molecule is c1ccc(N(c2ccccc2)c2ccccc2-c2cccc(-c3ccc4c5ccccc5n(-c5ccc6c(c5)-c5ccccc5C6(c5ccccc5)c5ccccc5)c4c3)c2)cc1. The molecule has 63 heavy (non-hydrogen) atoms. The minimum atomic E-state index is -0.441. The summed E-state index contributed by atoms with van der Waals surface area (Å²) >= 11 is 0. The predicted octanol–water partition coefficient (Wildman–Crippen LogP) is 16.0. The van der Waals surface area contributed by atoms with E-state index in [1.54, 1.807) is 0 Å². The van der Waals surface area contributed by atoms with Crippen LogP contribution in [-0.2, 0) is 5.41 Å². The van der Waals surface area contributed by atoms with Crippen molar-refractivity contribution in [3.05, 3.63) is 277 Å². The Balaban J connectivity index is 1.02. The molecular weight excluding hydrogens is 761 g/mol. The van der Waals surface area contributed by atoms with Crippen molar-refractivity contribution < 1.29 is 0 Å². The molecule has 0 radical (unpaired) electrons. The lowest BCUT2D eigenvalue weighted by molar-refractivity contribution is 0.768. The van der Waals surface area contributed by atoms with Crippen LogP contribution < -0.4 is 4.90 Å². The maximum Gasteiger partial charge on any atom is 0.0713 e. The molecule has 0 saturated heterocycles. The van der Waals surface area contributed by atoms with E-state index >= 15 is 0 Å². The highest BCUT2D eigenvalue weighted by Gasteiger charge is 2.46. The fourth-order valence-corrected chi connectivity index (χ4v) is 10.4. The number of benzene rings is 10. The molecule has 0 N–H and O–H groups in total.